The predicted octanol–water partition coefficient (Wildman–Crippen LogP) is 2.84. The lowest BCUT2D eigenvalue weighted by Gasteiger charge is -2.44. The summed E-state index contributed by atoms with van der Waals surface area (Å²) in [7, 11) is 0. The van der Waals surface area contributed by atoms with Gasteiger partial charge in [0.1, 0.15) is 0 Å². The van der Waals surface area contributed by atoms with Crippen molar-refractivity contribution >= 4 is 23.4 Å². The van der Waals surface area contributed by atoms with Crippen LogP contribution in [0.1, 0.15) is 38.2 Å². The van der Waals surface area contributed by atoms with Gasteiger partial charge in [-0.05, 0) is 37.0 Å². The van der Waals surface area contributed by atoms with Crippen molar-refractivity contribution in [1.82, 2.24) is 9.80 Å². The van der Waals surface area contributed by atoms with Crippen molar-refractivity contribution in [2.24, 2.45) is 0 Å². The molecule has 1 heterocycles. The van der Waals surface area contributed by atoms with Gasteiger partial charge in [0.05, 0.1) is 5.41 Å². The first kappa shape index (κ1) is 16.3. The molecule has 2 aliphatic rings. The van der Waals surface area contributed by atoms with Gasteiger partial charge in [-0.15, -0.1) is 0 Å². The molecule has 1 aliphatic heterocycles. The number of amides is 2. The van der Waals surface area contributed by atoms with Crippen LogP contribution >= 0.6 is 11.6 Å². The molecule has 124 valence electrons. The summed E-state index contributed by atoms with van der Waals surface area (Å²) in [5.74, 6) is 0.295. The highest BCUT2D eigenvalue weighted by molar-refractivity contribution is 6.30. The quantitative estimate of drug-likeness (QED) is 0.834. The van der Waals surface area contributed by atoms with Crippen LogP contribution in [0.5, 0.6) is 0 Å². The molecule has 1 aromatic rings. The lowest BCUT2D eigenvalue weighted by molar-refractivity contribution is -0.141. The van der Waals surface area contributed by atoms with Crippen molar-refractivity contribution in [2.45, 2.75) is 38.0 Å². The van der Waals surface area contributed by atoms with E-state index in [1.165, 1.54) is 0 Å². The number of carbonyl (C=O) groups excluding carboxylic acids is 2. The normalized spacial score (nSPS) is 20.6. The fraction of sp³-hybridized carbons (Fsp3) is 0.556. The minimum atomic E-state index is -0.406. The molecule has 0 aromatic heterocycles. The van der Waals surface area contributed by atoms with E-state index in [9.17, 15) is 9.59 Å². The Hall–Kier alpha value is -1.55. The van der Waals surface area contributed by atoms with E-state index in [1.807, 2.05) is 34.1 Å². The van der Waals surface area contributed by atoms with Crippen molar-refractivity contribution in [3.8, 4) is 0 Å². The van der Waals surface area contributed by atoms with Gasteiger partial charge in [0.25, 0.3) is 0 Å². The molecule has 3 rings (SSSR count). The Bertz CT molecular complexity index is 613. The van der Waals surface area contributed by atoms with E-state index in [1.54, 1.807) is 6.92 Å². The average Bonchev–Trinajstić information content (AvgIpc) is 2.72. The monoisotopic (exact) mass is 334 g/mol. The molecule has 0 N–H and O–H groups in total. The zero-order valence-electron chi connectivity index (χ0n) is 13.6. The molecule has 5 heteroatoms. The second-order valence-electron chi connectivity index (χ2n) is 6.60. The third-order valence-corrected chi connectivity index (χ3v) is 5.46. The summed E-state index contributed by atoms with van der Waals surface area (Å²) in [6, 6.07) is 7.71. The second-order valence-corrected chi connectivity index (χ2v) is 7.03. The molecule has 1 saturated heterocycles. The summed E-state index contributed by atoms with van der Waals surface area (Å²) in [5.41, 5.74) is 0.630. The van der Waals surface area contributed by atoms with Gasteiger partial charge in [-0.1, -0.05) is 30.2 Å². The molecular formula is C18H23ClN2O2. The first-order valence-electron chi connectivity index (χ1n) is 8.34. The molecule has 2 fully saturated rings. The molecule has 1 saturated carbocycles. The maximum absolute atomic E-state index is 13.2. The van der Waals surface area contributed by atoms with E-state index in [0.717, 1.165) is 44.3 Å². The largest absolute Gasteiger partial charge is 0.341 e. The van der Waals surface area contributed by atoms with Gasteiger partial charge in [0.15, 0.2) is 0 Å². The van der Waals surface area contributed by atoms with Gasteiger partial charge in [-0.2, -0.15) is 0 Å². The standard InChI is InChI=1S/C18H23ClN2O2/c1-14(22)20-9-4-10-21(12-11-20)17(23)18(7-3-8-18)15-5-2-6-16(19)13-15/h2,5-6,13H,3-4,7-12H2,1H3. The molecule has 4 nitrogen and oxygen atoms in total. The van der Waals surface area contributed by atoms with Crippen LogP contribution in [0.4, 0.5) is 0 Å². The Morgan fingerprint density at radius 2 is 1.74 bits per heavy atom. The van der Waals surface area contributed by atoms with Crippen molar-refractivity contribution in [1.29, 1.82) is 0 Å². The Balaban J connectivity index is 1.79. The van der Waals surface area contributed by atoms with Crippen LogP contribution in [0.25, 0.3) is 0 Å². The highest BCUT2D eigenvalue weighted by Crippen LogP contribution is 2.45. The number of nitrogens with zero attached hydrogens (tertiary/aromatic N) is 2. The minimum Gasteiger partial charge on any atom is -0.341 e. The number of hydrogen-bond donors (Lipinski definition) is 0. The topological polar surface area (TPSA) is 40.6 Å². The average molecular weight is 335 g/mol. The molecule has 0 atom stereocenters. The molecular weight excluding hydrogens is 312 g/mol. The number of halogens is 1. The Labute approximate surface area is 142 Å². The Kier molecular flexibility index (Phi) is 4.62. The highest BCUT2D eigenvalue weighted by Gasteiger charge is 2.47. The van der Waals surface area contributed by atoms with Crippen LogP contribution in [0.3, 0.4) is 0 Å². The molecule has 2 amide bonds. The summed E-state index contributed by atoms with van der Waals surface area (Å²) in [4.78, 5) is 28.6. The van der Waals surface area contributed by atoms with Gasteiger partial charge >= 0.3 is 0 Å². The lowest BCUT2D eigenvalue weighted by Crippen LogP contribution is -2.52. The van der Waals surface area contributed by atoms with Gasteiger partial charge in [0.2, 0.25) is 11.8 Å². The molecule has 23 heavy (non-hydrogen) atoms. The van der Waals surface area contributed by atoms with E-state index in [-0.39, 0.29) is 11.8 Å². The third-order valence-electron chi connectivity index (χ3n) is 5.22. The molecule has 0 radical (unpaired) electrons. The zero-order chi connectivity index (χ0) is 16.4. The van der Waals surface area contributed by atoms with Gasteiger partial charge in [-0.25, -0.2) is 0 Å². The predicted molar refractivity (Wildman–Crippen MR) is 90.4 cm³/mol. The zero-order valence-corrected chi connectivity index (χ0v) is 14.3. The van der Waals surface area contributed by atoms with Crippen LogP contribution < -0.4 is 0 Å². The fourth-order valence-corrected chi connectivity index (χ4v) is 3.87. The van der Waals surface area contributed by atoms with Crippen molar-refractivity contribution in [3.05, 3.63) is 34.9 Å². The third kappa shape index (κ3) is 3.09. The van der Waals surface area contributed by atoms with E-state index in [0.29, 0.717) is 18.1 Å². The van der Waals surface area contributed by atoms with E-state index >= 15 is 0 Å². The second kappa shape index (κ2) is 6.52. The first-order valence-corrected chi connectivity index (χ1v) is 8.72. The molecule has 0 unspecified atom stereocenters. The molecule has 1 aliphatic carbocycles. The summed E-state index contributed by atoms with van der Waals surface area (Å²) in [6.45, 7) is 4.32. The fourth-order valence-electron chi connectivity index (χ4n) is 3.68. The SMILES string of the molecule is CC(=O)N1CCCN(C(=O)C2(c3cccc(Cl)c3)CCC2)CC1. The van der Waals surface area contributed by atoms with Crippen LogP contribution in [-0.2, 0) is 15.0 Å². The summed E-state index contributed by atoms with van der Waals surface area (Å²) < 4.78 is 0. The number of carbonyl (C=O) groups is 2. The van der Waals surface area contributed by atoms with E-state index in [4.69, 9.17) is 11.6 Å². The van der Waals surface area contributed by atoms with Crippen LogP contribution in [-0.4, -0.2) is 47.8 Å². The summed E-state index contributed by atoms with van der Waals surface area (Å²) >= 11 is 6.13. The molecule has 0 spiro atoms. The van der Waals surface area contributed by atoms with Crippen molar-refractivity contribution in [2.75, 3.05) is 26.2 Å². The van der Waals surface area contributed by atoms with Gasteiger partial charge in [-0.3, -0.25) is 9.59 Å². The number of rotatable bonds is 2. The van der Waals surface area contributed by atoms with Gasteiger partial charge in [0, 0.05) is 38.1 Å². The lowest BCUT2D eigenvalue weighted by atomic mass is 9.63. The summed E-state index contributed by atoms with van der Waals surface area (Å²) in [5, 5.41) is 0.681. The van der Waals surface area contributed by atoms with Gasteiger partial charge < -0.3 is 9.80 Å². The Morgan fingerprint density at radius 1 is 1.04 bits per heavy atom. The maximum atomic E-state index is 13.2. The van der Waals surface area contributed by atoms with E-state index in [2.05, 4.69) is 0 Å². The first-order chi connectivity index (χ1) is 11.0. The van der Waals surface area contributed by atoms with Crippen molar-refractivity contribution in [3.63, 3.8) is 0 Å². The Morgan fingerprint density at radius 3 is 2.35 bits per heavy atom. The van der Waals surface area contributed by atoms with Crippen molar-refractivity contribution < 1.29 is 9.59 Å². The minimum absolute atomic E-state index is 0.0903. The summed E-state index contributed by atoms with van der Waals surface area (Å²) in [6.07, 6.45) is 3.70. The highest BCUT2D eigenvalue weighted by atomic mass is 35.5. The van der Waals surface area contributed by atoms with Crippen LogP contribution in [0, 0.1) is 0 Å². The number of hydrogen-bond acceptors (Lipinski definition) is 2. The van der Waals surface area contributed by atoms with E-state index < -0.39 is 5.41 Å². The molecule has 0 bridgehead atoms. The van der Waals surface area contributed by atoms with Crippen LogP contribution in [0.2, 0.25) is 5.02 Å². The van der Waals surface area contributed by atoms with Crippen LogP contribution in [0.15, 0.2) is 24.3 Å². The maximum Gasteiger partial charge on any atom is 0.233 e. The number of benzene rings is 1. The molecule has 1 aromatic carbocycles. The smallest absolute Gasteiger partial charge is 0.233 e.